The molecule has 0 aliphatic rings. The summed E-state index contributed by atoms with van der Waals surface area (Å²) in [4.78, 5) is 24.3. The molecule has 0 saturated heterocycles. The summed E-state index contributed by atoms with van der Waals surface area (Å²) in [7, 11) is 0. The van der Waals surface area contributed by atoms with Crippen LogP contribution in [0.2, 0.25) is 0 Å². The molecule has 0 aliphatic carbocycles. The van der Waals surface area contributed by atoms with Gasteiger partial charge in [-0.1, -0.05) is 6.07 Å². The molecule has 0 spiro atoms. The Morgan fingerprint density at radius 3 is 2.22 bits per heavy atom. The first-order valence-electron chi connectivity index (χ1n) is 8.52. The molecule has 144 valence electrons. The number of hydrogen-bond donors (Lipinski definition) is 2. The van der Waals surface area contributed by atoms with Gasteiger partial charge < -0.3 is 14.8 Å². The number of anilines is 2. The van der Waals surface area contributed by atoms with E-state index in [1.807, 2.05) is 0 Å². The Morgan fingerprint density at radius 1 is 1.04 bits per heavy atom. The molecule has 0 aromatic heterocycles. The Labute approximate surface area is 157 Å². The Hall–Kier alpha value is -3.09. The first-order chi connectivity index (χ1) is 12.7. The van der Waals surface area contributed by atoms with Crippen molar-refractivity contribution in [2.45, 2.75) is 33.3 Å². The predicted octanol–water partition coefficient (Wildman–Crippen LogP) is 4.50. The fourth-order valence-electron chi connectivity index (χ4n) is 2.30. The average Bonchev–Trinajstić information content (AvgIpc) is 2.60. The molecule has 0 unspecified atom stereocenters. The van der Waals surface area contributed by atoms with Gasteiger partial charge in [-0.05, 0) is 69.7 Å². The zero-order valence-corrected chi connectivity index (χ0v) is 15.8. The maximum absolute atomic E-state index is 13.0. The van der Waals surface area contributed by atoms with Gasteiger partial charge in [-0.3, -0.25) is 10.1 Å². The second-order valence-electron chi connectivity index (χ2n) is 6.34. The van der Waals surface area contributed by atoms with E-state index in [0.717, 1.165) is 0 Å². The summed E-state index contributed by atoms with van der Waals surface area (Å²) in [6.07, 6.45) is -0.566. The van der Waals surface area contributed by atoms with Crippen molar-refractivity contribution in [1.82, 2.24) is 0 Å². The number of nitrogens with one attached hydrogen (secondary N) is 2. The van der Waals surface area contributed by atoms with Crippen LogP contribution in [0.3, 0.4) is 0 Å². The van der Waals surface area contributed by atoms with Gasteiger partial charge in [0.2, 0.25) is 0 Å². The quantitative estimate of drug-likeness (QED) is 0.781. The Kier molecular flexibility index (Phi) is 6.39. The molecule has 27 heavy (non-hydrogen) atoms. The number of benzene rings is 2. The van der Waals surface area contributed by atoms with E-state index >= 15 is 0 Å². The standard InChI is InChI=1S/C20H23FN2O4/c1-5-26-19(25)23-17-8-6-7-16(13(17)2)22-18(24)20(3,4)27-15-11-9-14(21)10-12-15/h6-12H,5H2,1-4H3,(H,22,24)(H,23,25). The van der Waals surface area contributed by atoms with E-state index in [2.05, 4.69) is 10.6 Å². The van der Waals surface area contributed by atoms with Gasteiger partial charge in [0.25, 0.3) is 5.91 Å². The van der Waals surface area contributed by atoms with Crippen LogP contribution in [0.25, 0.3) is 0 Å². The molecule has 2 aromatic carbocycles. The fourth-order valence-corrected chi connectivity index (χ4v) is 2.30. The van der Waals surface area contributed by atoms with Gasteiger partial charge in [0.15, 0.2) is 5.60 Å². The third-order valence-electron chi connectivity index (χ3n) is 3.83. The van der Waals surface area contributed by atoms with Crippen molar-refractivity contribution in [3.8, 4) is 5.75 Å². The molecule has 0 radical (unpaired) electrons. The Morgan fingerprint density at radius 2 is 1.63 bits per heavy atom. The van der Waals surface area contributed by atoms with E-state index in [-0.39, 0.29) is 18.3 Å². The lowest BCUT2D eigenvalue weighted by Crippen LogP contribution is -2.42. The minimum absolute atomic E-state index is 0.260. The van der Waals surface area contributed by atoms with E-state index < -0.39 is 11.7 Å². The van der Waals surface area contributed by atoms with Crippen molar-refractivity contribution >= 4 is 23.4 Å². The number of ether oxygens (including phenoxy) is 2. The van der Waals surface area contributed by atoms with E-state index in [1.54, 1.807) is 45.9 Å². The molecule has 0 bridgehead atoms. The van der Waals surface area contributed by atoms with Crippen LogP contribution in [0.1, 0.15) is 26.3 Å². The van der Waals surface area contributed by atoms with Crippen molar-refractivity contribution in [3.63, 3.8) is 0 Å². The molecule has 6 nitrogen and oxygen atoms in total. The third kappa shape index (κ3) is 5.44. The van der Waals surface area contributed by atoms with Crippen molar-refractivity contribution in [2.75, 3.05) is 17.2 Å². The molecule has 2 amide bonds. The van der Waals surface area contributed by atoms with Crippen molar-refractivity contribution in [1.29, 1.82) is 0 Å². The topological polar surface area (TPSA) is 76.7 Å². The molecule has 0 aliphatic heterocycles. The lowest BCUT2D eigenvalue weighted by molar-refractivity contribution is -0.128. The Bertz CT molecular complexity index is 819. The van der Waals surface area contributed by atoms with E-state index in [4.69, 9.17) is 9.47 Å². The first kappa shape index (κ1) is 20.2. The number of rotatable bonds is 6. The van der Waals surface area contributed by atoms with Crippen molar-refractivity contribution in [3.05, 3.63) is 53.8 Å². The molecular formula is C20H23FN2O4. The van der Waals surface area contributed by atoms with Crippen LogP contribution in [-0.4, -0.2) is 24.2 Å². The number of amides is 2. The highest BCUT2D eigenvalue weighted by Gasteiger charge is 2.30. The van der Waals surface area contributed by atoms with Crippen LogP contribution in [0.4, 0.5) is 20.6 Å². The van der Waals surface area contributed by atoms with Gasteiger partial charge in [-0.25, -0.2) is 9.18 Å². The maximum atomic E-state index is 13.0. The number of carbonyl (C=O) groups excluding carboxylic acids is 2. The SMILES string of the molecule is CCOC(=O)Nc1cccc(NC(=O)C(C)(C)Oc2ccc(F)cc2)c1C. The summed E-state index contributed by atoms with van der Waals surface area (Å²) in [6, 6.07) is 10.6. The number of carbonyl (C=O) groups is 2. The first-order valence-corrected chi connectivity index (χ1v) is 8.52. The zero-order valence-electron chi connectivity index (χ0n) is 15.8. The van der Waals surface area contributed by atoms with Gasteiger partial charge in [0.1, 0.15) is 11.6 Å². The zero-order chi connectivity index (χ0) is 20.0. The minimum Gasteiger partial charge on any atom is -0.478 e. The summed E-state index contributed by atoms with van der Waals surface area (Å²) < 4.78 is 23.6. The molecule has 2 aromatic rings. The van der Waals surface area contributed by atoms with Crippen LogP contribution in [0, 0.1) is 12.7 Å². The molecule has 0 heterocycles. The van der Waals surface area contributed by atoms with Gasteiger partial charge in [-0.15, -0.1) is 0 Å². The van der Waals surface area contributed by atoms with Crippen LogP contribution in [0.15, 0.2) is 42.5 Å². The summed E-state index contributed by atoms with van der Waals surface area (Å²) in [5.74, 6) is -0.389. The van der Waals surface area contributed by atoms with Crippen LogP contribution < -0.4 is 15.4 Å². The average molecular weight is 374 g/mol. The lowest BCUT2D eigenvalue weighted by Gasteiger charge is -2.26. The second kappa shape index (κ2) is 8.53. The van der Waals surface area contributed by atoms with Crippen molar-refractivity contribution in [2.24, 2.45) is 0 Å². The molecular weight excluding hydrogens is 351 g/mol. The molecule has 0 saturated carbocycles. The molecule has 0 atom stereocenters. The minimum atomic E-state index is -1.20. The molecule has 2 N–H and O–H groups in total. The van der Waals surface area contributed by atoms with E-state index in [1.165, 1.54) is 24.3 Å². The van der Waals surface area contributed by atoms with Crippen LogP contribution in [0.5, 0.6) is 5.75 Å². The highest BCUT2D eigenvalue weighted by atomic mass is 19.1. The largest absolute Gasteiger partial charge is 0.478 e. The highest BCUT2D eigenvalue weighted by molar-refractivity contribution is 5.98. The Balaban J connectivity index is 2.11. The second-order valence-corrected chi connectivity index (χ2v) is 6.34. The van der Waals surface area contributed by atoms with Gasteiger partial charge >= 0.3 is 6.09 Å². The van der Waals surface area contributed by atoms with Crippen LogP contribution in [-0.2, 0) is 9.53 Å². The maximum Gasteiger partial charge on any atom is 0.411 e. The highest BCUT2D eigenvalue weighted by Crippen LogP contribution is 2.26. The third-order valence-corrected chi connectivity index (χ3v) is 3.83. The van der Waals surface area contributed by atoms with Crippen molar-refractivity contribution < 1.29 is 23.5 Å². The predicted molar refractivity (Wildman–Crippen MR) is 102 cm³/mol. The summed E-state index contributed by atoms with van der Waals surface area (Å²) >= 11 is 0. The fraction of sp³-hybridized carbons (Fsp3) is 0.300. The molecule has 7 heteroatoms. The molecule has 2 rings (SSSR count). The monoisotopic (exact) mass is 374 g/mol. The summed E-state index contributed by atoms with van der Waals surface area (Å²) in [6.45, 7) is 6.97. The lowest BCUT2D eigenvalue weighted by atomic mass is 10.1. The van der Waals surface area contributed by atoms with Gasteiger partial charge in [-0.2, -0.15) is 0 Å². The van der Waals surface area contributed by atoms with Gasteiger partial charge in [0.05, 0.1) is 6.61 Å². The van der Waals surface area contributed by atoms with Gasteiger partial charge in [0, 0.05) is 11.4 Å². The van der Waals surface area contributed by atoms with Crippen LogP contribution >= 0.6 is 0 Å². The van der Waals surface area contributed by atoms with E-state index in [0.29, 0.717) is 22.7 Å². The summed E-state index contributed by atoms with van der Waals surface area (Å²) in [5.41, 5.74) is 0.541. The molecule has 0 fully saturated rings. The number of hydrogen-bond acceptors (Lipinski definition) is 4. The smallest absolute Gasteiger partial charge is 0.411 e. The van der Waals surface area contributed by atoms with E-state index in [9.17, 15) is 14.0 Å². The number of halogens is 1. The summed E-state index contributed by atoms with van der Waals surface area (Å²) in [5, 5.41) is 5.43. The normalized spacial score (nSPS) is 10.9.